The first kappa shape index (κ1) is 18.2. The average Bonchev–Trinajstić information content (AvgIpc) is 2.46. The van der Waals surface area contributed by atoms with Crippen LogP contribution in [-0.2, 0) is 0 Å². The van der Waals surface area contributed by atoms with Crippen LogP contribution in [0, 0.1) is 0 Å². The van der Waals surface area contributed by atoms with E-state index in [0.29, 0.717) is 10.0 Å². The monoisotopic (exact) mass is 390 g/mol. The summed E-state index contributed by atoms with van der Waals surface area (Å²) in [4.78, 5) is 24.4. The lowest BCUT2D eigenvalue weighted by Crippen LogP contribution is -2.24. The Labute approximate surface area is 152 Å². The molecule has 0 saturated heterocycles. The Morgan fingerprint density at radius 2 is 1.35 bits per heavy atom. The molecule has 0 radical (unpaired) electrons. The smallest absolute Gasteiger partial charge is 0.193 e. The van der Waals surface area contributed by atoms with E-state index in [9.17, 15) is 14.7 Å². The summed E-state index contributed by atoms with van der Waals surface area (Å²) < 4.78 is 0. The van der Waals surface area contributed by atoms with Gasteiger partial charge in [-0.1, -0.05) is 46.4 Å². The van der Waals surface area contributed by atoms with Gasteiger partial charge in [-0.05, 0) is 36.4 Å². The molecule has 0 bridgehead atoms. The van der Waals surface area contributed by atoms with Crippen LogP contribution in [0.3, 0.4) is 0 Å². The zero-order chi connectivity index (χ0) is 17.1. The number of benzene rings is 2. The molecule has 23 heavy (non-hydrogen) atoms. The number of aliphatic hydroxyl groups excluding tert-OH is 1. The molecule has 2 aromatic rings. The molecule has 0 heterocycles. The van der Waals surface area contributed by atoms with Crippen LogP contribution in [0.1, 0.15) is 27.1 Å². The van der Waals surface area contributed by atoms with Gasteiger partial charge in [0.2, 0.25) is 0 Å². The number of hydrogen-bond donors (Lipinski definition) is 1. The van der Waals surface area contributed by atoms with Gasteiger partial charge in [0, 0.05) is 27.6 Å². The number of Topliss-reactive ketones (excluding diaryl/α,β-unsaturated/α-hetero) is 2. The highest BCUT2D eigenvalue weighted by molar-refractivity contribution is 6.37. The molecule has 0 aliphatic rings. The number of aliphatic hydroxyl groups is 1. The molecule has 1 unspecified atom stereocenters. The van der Waals surface area contributed by atoms with Crippen LogP contribution >= 0.6 is 46.4 Å². The Balaban J connectivity index is 2.16. The number of halogens is 4. The predicted molar refractivity (Wildman–Crippen MR) is 92.2 cm³/mol. The Hall–Kier alpha value is -1.10. The van der Waals surface area contributed by atoms with Crippen LogP contribution in [-0.4, -0.2) is 22.8 Å². The van der Waals surface area contributed by atoms with Crippen LogP contribution in [0.5, 0.6) is 0 Å². The fraction of sp³-hybridized carbons (Fsp3) is 0.125. The van der Waals surface area contributed by atoms with E-state index < -0.39 is 24.1 Å². The third-order valence-corrected chi connectivity index (χ3v) is 4.21. The van der Waals surface area contributed by atoms with E-state index in [2.05, 4.69) is 0 Å². The van der Waals surface area contributed by atoms with Gasteiger partial charge in [-0.15, -0.1) is 0 Å². The van der Waals surface area contributed by atoms with Gasteiger partial charge in [-0.25, -0.2) is 0 Å². The highest BCUT2D eigenvalue weighted by Crippen LogP contribution is 2.25. The first-order valence-electron chi connectivity index (χ1n) is 6.45. The maximum atomic E-state index is 12.2. The minimum Gasteiger partial charge on any atom is -0.384 e. The standard InChI is InChI=1S/C16H10Cl4O3/c17-8-1-3-10(12(19)5-8)14(21)7-15(22)16(23)11-4-2-9(18)6-13(11)20/h1-6,15,22H,7H2. The molecule has 0 spiro atoms. The van der Waals surface area contributed by atoms with E-state index >= 15 is 0 Å². The van der Waals surface area contributed by atoms with E-state index in [0.717, 1.165) is 0 Å². The van der Waals surface area contributed by atoms with Crippen molar-refractivity contribution in [1.82, 2.24) is 0 Å². The molecule has 3 nitrogen and oxygen atoms in total. The van der Waals surface area contributed by atoms with Gasteiger partial charge >= 0.3 is 0 Å². The lowest BCUT2D eigenvalue weighted by Gasteiger charge is -2.11. The summed E-state index contributed by atoms with van der Waals surface area (Å²) in [7, 11) is 0. The molecule has 0 amide bonds. The number of rotatable bonds is 5. The molecule has 2 rings (SSSR count). The summed E-state index contributed by atoms with van der Waals surface area (Å²) in [5.74, 6) is -1.14. The van der Waals surface area contributed by atoms with Gasteiger partial charge in [0.15, 0.2) is 11.6 Å². The van der Waals surface area contributed by atoms with Crippen molar-refractivity contribution in [3.63, 3.8) is 0 Å². The molecule has 2 aromatic carbocycles. The molecule has 0 aliphatic heterocycles. The molecular formula is C16H10Cl4O3. The summed E-state index contributed by atoms with van der Waals surface area (Å²) >= 11 is 23.4. The lowest BCUT2D eigenvalue weighted by atomic mass is 9.99. The minimum absolute atomic E-state index is 0.0959. The molecule has 7 heteroatoms. The molecule has 120 valence electrons. The second kappa shape index (κ2) is 7.65. The van der Waals surface area contributed by atoms with Gasteiger partial charge in [0.05, 0.1) is 10.0 Å². The van der Waals surface area contributed by atoms with Crippen LogP contribution in [0.2, 0.25) is 20.1 Å². The Bertz CT molecular complexity index is 774. The lowest BCUT2D eigenvalue weighted by molar-refractivity contribution is 0.0681. The number of hydrogen-bond acceptors (Lipinski definition) is 3. The van der Waals surface area contributed by atoms with Crippen LogP contribution in [0.4, 0.5) is 0 Å². The largest absolute Gasteiger partial charge is 0.384 e. The van der Waals surface area contributed by atoms with Crippen LogP contribution in [0.25, 0.3) is 0 Å². The first-order chi connectivity index (χ1) is 10.8. The topological polar surface area (TPSA) is 54.4 Å². The van der Waals surface area contributed by atoms with Crippen molar-refractivity contribution in [2.45, 2.75) is 12.5 Å². The average molecular weight is 392 g/mol. The van der Waals surface area contributed by atoms with Gasteiger partial charge in [-0.3, -0.25) is 9.59 Å². The van der Waals surface area contributed by atoms with E-state index in [1.165, 1.54) is 36.4 Å². The quantitative estimate of drug-likeness (QED) is 0.720. The number of ketones is 2. The second-order valence-electron chi connectivity index (χ2n) is 4.76. The van der Waals surface area contributed by atoms with E-state index in [1.54, 1.807) is 0 Å². The molecule has 1 N–H and O–H groups in total. The van der Waals surface area contributed by atoms with Crippen molar-refractivity contribution in [2.75, 3.05) is 0 Å². The third-order valence-electron chi connectivity index (χ3n) is 3.11. The van der Waals surface area contributed by atoms with Crippen molar-refractivity contribution in [3.05, 3.63) is 67.6 Å². The van der Waals surface area contributed by atoms with Gasteiger partial charge in [-0.2, -0.15) is 0 Å². The molecule has 1 atom stereocenters. The van der Waals surface area contributed by atoms with Crippen molar-refractivity contribution in [2.24, 2.45) is 0 Å². The fourth-order valence-corrected chi connectivity index (χ4v) is 2.98. The SMILES string of the molecule is O=C(CC(O)C(=O)c1ccc(Cl)cc1Cl)c1ccc(Cl)cc1Cl. The number of carbonyl (C=O) groups excluding carboxylic acids is 2. The molecule has 0 saturated carbocycles. The summed E-state index contributed by atoms with van der Waals surface area (Å²) in [5, 5.41) is 11.0. The summed E-state index contributed by atoms with van der Waals surface area (Å²) in [6, 6.07) is 8.63. The first-order valence-corrected chi connectivity index (χ1v) is 7.96. The van der Waals surface area contributed by atoms with Gasteiger partial charge in [0.25, 0.3) is 0 Å². The minimum atomic E-state index is -1.53. The van der Waals surface area contributed by atoms with Crippen LogP contribution < -0.4 is 0 Å². The Morgan fingerprint density at radius 3 is 1.83 bits per heavy atom. The Kier molecular flexibility index (Phi) is 6.06. The normalized spacial score (nSPS) is 12.0. The summed E-state index contributed by atoms with van der Waals surface area (Å²) in [6.07, 6.45) is -1.95. The van der Waals surface area contributed by atoms with E-state index in [-0.39, 0.29) is 21.2 Å². The second-order valence-corrected chi connectivity index (χ2v) is 6.44. The van der Waals surface area contributed by atoms with Crippen molar-refractivity contribution < 1.29 is 14.7 Å². The third kappa shape index (κ3) is 4.46. The summed E-state index contributed by atoms with van der Waals surface area (Å²) in [5.41, 5.74) is 0.281. The van der Waals surface area contributed by atoms with E-state index in [1.807, 2.05) is 0 Å². The fourth-order valence-electron chi connectivity index (χ4n) is 1.96. The summed E-state index contributed by atoms with van der Waals surface area (Å²) in [6.45, 7) is 0. The highest BCUT2D eigenvalue weighted by Gasteiger charge is 2.24. The maximum Gasteiger partial charge on any atom is 0.193 e. The molecule has 0 fully saturated rings. The van der Waals surface area contributed by atoms with Gasteiger partial charge < -0.3 is 5.11 Å². The zero-order valence-electron chi connectivity index (χ0n) is 11.5. The maximum absolute atomic E-state index is 12.2. The highest BCUT2D eigenvalue weighted by atomic mass is 35.5. The van der Waals surface area contributed by atoms with Crippen molar-refractivity contribution >= 4 is 58.0 Å². The predicted octanol–water partition coefficient (Wildman–Crippen LogP) is 5.12. The van der Waals surface area contributed by atoms with Crippen LogP contribution in [0.15, 0.2) is 36.4 Å². The van der Waals surface area contributed by atoms with Gasteiger partial charge in [0.1, 0.15) is 6.10 Å². The van der Waals surface area contributed by atoms with Crippen molar-refractivity contribution in [3.8, 4) is 0 Å². The molecular weight excluding hydrogens is 382 g/mol. The van der Waals surface area contributed by atoms with Crippen molar-refractivity contribution in [1.29, 1.82) is 0 Å². The molecule has 0 aromatic heterocycles. The van der Waals surface area contributed by atoms with E-state index in [4.69, 9.17) is 46.4 Å². The zero-order valence-corrected chi connectivity index (χ0v) is 14.5. The molecule has 0 aliphatic carbocycles. The number of carbonyl (C=O) groups is 2. The Morgan fingerprint density at radius 1 is 0.870 bits per heavy atom.